The Hall–Kier alpha value is -2.53. The second-order valence-corrected chi connectivity index (χ2v) is 7.68. The van der Waals surface area contributed by atoms with Gasteiger partial charge in [-0.05, 0) is 61.2 Å². The smallest absolute Gasteiger partial charge is 0.193 e. The van der Waals surface area contributed by atoms with E-state index in [2.05, 4.69) is 21.9 Å². The summed E-state index contributed by atoms with van der Waals surface area (Å²) in [6.07, 6.45) is 2.82. The number of piperazine rings is 1. The van der Waals surface area contributed by atoms with Gasteiger partial charge in [-0.2, -0.15) is 0 Å². The van der Waals surface area contributed by atoms with Gasteiger partial charge in [-0.1, -0.05) is 0 Å². The summed E-state index contributed by atoms with van der Waals surface area (Å²) in [4.78, 5) is 17.8. The number of ether oxygens (including phenoxy) is 2. The van der Waals surface area contributed by atoms with Crippen LogP contribution in [-0.4, -0.2) is 57.6 Å². The van der Waals surface area contributed by atoms with Crippen molar-refractivity contribution >= 4 is 11.5 Å². The maximum atomic E-state index is 12.8. The molecule has 148 valence electrons. The molecule has 5 nitrogen and oxygen atoms in total. The Morgan fingerprint density at radius 2 is 1.54 bits per heavy atom. The Labute approximate surface area is 166 Å². The van der Waals surface area contributed by atoms with Gasteiger partial charge >= 0.3 is 0 Å². The molecule has 0 atom stereocenters. The van der Waals surface area contributed by atoms with Crippen LogP contribution in [0.4, 0.5) is 5.69 Å². The van der Waals surface area contributed by atoms with Crippen LogP contribution < -0.4 is 14.4 Å². The minimum Gasteiger partial charge on any atom is -0.493 e. The van der Waals surface area contributed by atoms with Crippen LogP contribution in [0, 0.1) is 5.92 Å². The molecule has 0 aromatic heterocycles. The van der Waals surface area contributed by atoms with Crippen LogP contribution in [0.5, 0.6) is 11.5 Å². The summed E-state index contributed by atoms with van der Waals surface area (Å²) in [7, 11) is 3.16. The van der Waals surface area contributed by atoms with Crippen molar-refractivity contribution in [2.75, 3.05) is 51.8 Å². The van der Waals surface area contributed by atoms with Gasteiger partial charge in [0, 0.05) is 49.5 Å². The lowest BCUT2D eigenvalue weighted by Gasteiger charge is -2.36. The number of ketones is 1. The normalized spacial score (nSPS) is 17.4. The first-order valence-corrected chi connectivity index (χ1v) is 10.0. The van der Waals surface area contributed by atoms with Gasteiger partial charge in [-0.3, -0.25) is 9.69 Å². The molecule has 2 fully saturated rings. The molecule has 1 aliphatic heterocycles. The molecule has 0 N–H and O–H groups in total. The highest BCUT2D eigenvalue weighted by atomic mass is 16.5. The third-order valence-corrected chi connectivity index (χ3v) is 5.73. The van der Waals surface area contributed by atoms with E-state index >= 15 is 0 Å². The Kier molecular flexibility index (Phi) is 5.53. The second-order valence-electron chi connectivity index (χ2n) is 7.68. The number of nitrogens with zero attached hydrogens (tertiary/aromatic N) is 2. The van der Waals surface area contributed by atoms with E-state index in [4.69, 9.17) is 9.47 Å². The molecule has 4 rings (SSSR count). The Bertz CT molecular complexity index is 822. The molecule has 0 radical (unpaired) electrons. The minimum atomic E-state index is -0.0123. The Balaban J connectivity index is 1.41. The van der Waals surface area contributed by atoms with E-state index in [1.54, 1.807) is 32.4 Å². The van der Waals surface area contributed by atoms with E-state index in [1.807, 2.05) is 12.1 Å². The van der Waals surface area contributed by atoms with Crippen LogP contribution in [0.1, 0.15) is 28.8 Å². The molecule has 1 heterocycles. The molecular formula is C23H28N2O3. The lowest BCUT2D eigenvalue weighted by Crippen LogP contribution is -2.47. The first-order valence-electron chi connectivity index (χ1n) is 10.0. The third-order valence-electron chi connectivity index (χ3n) is 5.73. The molecule has 0 unspecified atom stereocenters. The average molecular weight is 380 g/mol. The SMILES string of the molecule is COc1ccc(C(=O)c2ccc(N3CCN(CC4CC4)CC3)cc2)cc1OC. The molecule has 1 saturated heterocycles. The molecule has 0 bridgehead atoms. The zero-order valence-corrected chi connectivity index (χ0v) is 16.7. The molecule has 2 aliphatic rings. The standard InChI is InChI=1S/C23H28N2O3/c1-27-21-10-7-19(15-22(21)28-2)23(26)18-5-8-20(9-6-18)25-13-11-24(12-14-25)16-17-3-4-17/h5-10,15,17H,3-4,11-14,16H2,1-2H3. The summed E-state index contributed by atoms with van der Waals surface area (Å²) in [6.45, 7) is 5.63. The van der Waals surface area contributed by atoms with E-state index in [9.17, 15) is 4.79 Å². The van der Waals surface area contributed by atoms with E-state index in [0.29, 0.717) is 22.6 Å². The summed E-state index contributed by atoms with van der Waals surface area (Å²) in [5, 5.41) is 0. The maximum absolute atomic E-state index is 12.8. The number of anilines is 1. The minimum absolute atomic E-state index is 0.0123. The lowest BCUT2D eigenvalue weighted by atomic mass is 10.0. The Morgan fingerprint density at radius 1 is 0.893 bits per heavy atom. The number of hydrogen-bond acceptors (Lipinski definition) is 5. The lowest BCUT2D eigenvalue weighted by molar-refractivity contribution is 0.103. The maximum Gasteiger partial charge on any atom is 0.193 e. The molecule has 2 aromatic carbocycles. The fourth-order valence-electron chi connectivity index (χ4n) is 3.82. The molecular weight excluding hydrogens is 352 g/mol. The Morgan fingerprint density at radius 3 is 2.14 bits per heavy atom. The first-order chi connectivity index (χ1) is 13.7. The fraction of sp³-hybridized carbons (Fsp3) is 0.435. The van der Waals surface area contributed by atoms with Gasteiger partial charge in [0.25, 0.3) is 0 Å². The van der Waals surface area contributed by atoms with Gasteiger partial charge in [-0.15, -0.1) is 0 Å². The van der Waals surface area contributed by atoms with Crippen molar-refractivity contribution in [3.05, 3.63) is 53.6 Å². The molecule has 2 aromatic rings. The molecule has 28 heavy (non-hydrogen) atoms. The van der Waals surface area contributed by atoms with Crippen molar-refractivity contribution in [3.63, 3.8) is 0 Å². The van der Waals surface area contributed by atoms with Gasteiger partial charge in [0.2, 0.25) is 0 Å². The van der Waals surface area contributed by atoms with Crippen LogP contribution in [0.25, 0.3) is 0 Å². The zero-order valence-electron chi connectivity index (χ0n) is 16.7. The van der Waals surface area contributed by atoms with Gasteiger partial charge in [0.1, 0.15) is 0 Å². The summed E-state index contributed by atoms with van der Waals surface area (Å²) in [6, 6.07) is 13.2. The second kappa shape index (κ2) is 8.23. The van der Waals surface area contributed by atoms with Gasteiger partial charge in [0.15, 0.2) is 17.3 Å². The van der Waals surface area contributed by atoms with Crippen LogP contribution in [0.15, 0.2) is 42.5 Å². The third kappa shape index (κ3) is 4.14. The van der Waals surface area contributed by atoms with Crippen LogP contribution in [0.3, 0.4) is 0 Å². The first kappa shape index (κ1) is 18.8. The van der Waals surface area contributed by atoms with Crippen LogP contribution in [-0.2, 0) is 0 Å². The predicted molar refractivity (Wildman–Crippen MR) is 111 cm³/mol. The average Bonchev–Trinajstić information content (AvgIpc) is 3.57. The number of hydrogen-bond donors (Lipinski definition) is 0. The van der Waals surface area contributed by atoms with Crippen LogP contribution in [0.2, 0.25) is 0 Å². The van der Waals surface area contributed by atoms with Crippen molar-refractivity contribution in [2.24, 2.45) is 5.92 Å². The van der Waals surface area contributed by atoms with Crippen molar-refractivity contribution in [1.29, 1.82) is 0 Å². The highest BCUT2D eigenvalue weighted by Gasteiger charge is 2.26. The molecule has 0 spiro atoms. The summed E-state index contributed by atoms with van der Waals surface area (Å²) in [5.74, 6) is 2.12. The number of carbonyl (C=O) groups excluding carboxylic acids is 1. The van der Waals surface area contributed by atoms with E-state index < -0.39 is 0 Å². The van der Waals surface area contributed by atoms with Gasteiger partial charge in [0.05, 0.1) is 14.2 Å². The topological polar surface area (TPSA) is 42.0 Å². The van der Waals surface area contributed by atoms with Crippen molar-refractivity contribution in [1.82, 2.24) is 4.90 Å². The van der Waals surface area contributed by atoms with Gasteiger partial charge < -0.3 is 14.4 Å². The van der Waals surface area contributed by atoms with E-state index in [-0.39, 0.29) is 5.78 Å². The quantitative estimate of drug-likeness (QED) is 0.688. The number of carbonyl (C=O) groups is 1. The molecule has 1 saturated carbocycles. The highest BCUT2D eigenvalue weighted by molar-refractivity contribution is 6.09. The number of benzene rings is 2. The number of rotatable bonds is 7. The van der Waals surface area contributed by atoms with Crippen molar-refractivity contribution in [2.45, 2.75) is 12.8 Å². The van der Waals surface area contributed by atoms with Crippen molar-refractivity contribution < 1.29 is 14.3 Å². The molecule has 1 aliphatic carbocycles. The molecule has 5 heteroatoms. The summed E-state index contributed by atoms with van der Waals surface area (Å²) in [5.41, 5.74) is 2.47. The zero-order chi connectivity index (χ0) is 19.5. The fourth-order valence-corrected chi connectivity index (χ4v) is 3.82. The highest BCUT2D eigenvalue weighted by Crippen LogP contribution is 2.31. The number of methoxy groups -OCH3 is 2. The summed E-state index contributed by atoms with van der Waals surface area (Å²) < 4.78 is 10.6. The monoisotopic (exact) mass is 380 g/mol. The largest absolute Gasteiger partial charge is 0.493 e. The molecule has 0 amide bonds. The summed E-state index contributed by atoms with van der Waals surface area (Å²) >= 11 is 0. The van der Waals surface area contributed by atoms with E-state index in [0.717, 1.165) is 32.1 Å². The van der Waals surface area contributed by atoms with Gasteiger partial charge in [-0.25, -0.2) is 0 Å². The predicted octanol–water partition coefficient (Wildman–Crippen LogP) is 3.47. The van der Waals surface area contributed by atoms with Crippen molar-refractivity contribution in [3.8, 4) is 11.5 Å². The van der Waals surface area contributed by atoms with Crippen LogP contribution >= 0.6 is 0 Å². The van der Waals surface area contributed by atoms with E-state index in [1.165, 1.54) is 25.1 Å².